The summed E-state index contributed by atoms with van der Waals surface area (Å²) < 4.78 is 24.4. The molecule has 23 heavy (non-hydrogen) atoms. The third-order valence-corrected chi connectivity index (χ3v) is 3.79. The lowest BCUT2D eigenvalue weighted by Gasteiger charge is -2.07. The largest absolute Gasteiger partial charge is 0.322 e. The van der Waals surface area contributed by atoms with Gasteiger partial charge in [-0.15, -0.1) is 0 Å². The number of nitrogens with one attached hydrogen (secondary N) is 1. The second-order valence-electron chi connectivity index (χ2n) is 4.28. The summed E-state index contributed by atoms with van der Waals surface area (Å²) >= 11 is 6.26. The molecule has 1 amide bonds. The van der Waals surface area contributed by atoms with Gasteiger partial charge in [-0.3, -0.25) is 14.9 Å². The highest BCUT2D eigenvalue weighted by atomic mass is 35.5. The third-order valence-electron chi connectivity index (χ3n) is 2.74. The standard InChI is InChI=1S/C14H9ClF2N2O3S/c15-12-6-3-9(19(21)22)7-11(12)13(20)18-8-1-4-10(5-2-8)23-14(16)17/h1-7,14H,(H,18,20). The molecule has 0 saturated carbocycles. The van der Waals surface area contributed by atoms with E-state index in [9.17, 15) is 23.7 Å². The summed E-state index contributed by atoms with van der Waals surface area (Å²) in [7, 11) is 0. The molecule has 2 rings (SSSR count). The van der Waals surface area contributed by atoms with Crippen LogP contribution in [0.4, 0.5) is 20.2 Å². The highest BCUT2D eigenvalue weighted by molar-refractivity contribution is 7.99. The van der Waals surface area contributed by atoms with E-state index < -0.39 is 16.6 Å². The number of nitrogens with zero attached hydrogens (tertiary/aromatic N) is 1. The van der Waals surface area contributed by atoms with Crippen molar-refractivity contribution < 1.29 is 18.5 Å². The topological polar surface area (TPSA) is 72.2 Å². The fourth-order valence-corrected chi connectivity index (χ4v) is 2.42. The van der Waals surface area contributed by atoms with Crippen LogP contribution in [0.1, 0.15) is 10.4 Å². The van der Waals surface area contributed by atoms with Crippen molar-refractivity contribution in [3.63, 3.8) is 0 Å². The monoisotopic (exact) mass is 358 g/mol. The molecule has 2 aromatic carbocycles. The molecule has 0 aliphatic carbocycles. The molecule has 2 aromatic rings. The van der Waals surface area contributed by atoms with E-state index in [-0.39, 0.29) is 16.3 Å². The molecule has 120 valence electrons. The van der Waals surface area contributed by atoms with Crippen molar-refractivity contribution in [2.45, 2.75) is 10.7 Å². The van der Waals surface area contributed by atoms with Crippen LogP contribution in [0, 0.1) is 10.1 Å². The van der Waals surface area contributed by atoms with Gasteiger partial charge >= 0.3 is 0 Å². The van der Waals surface area contributed by atoms with Crippen molar-refractivity contribution in [2.75, 3.05) is 5.32 Å². The van der Waals surface area contributed by atoms with Crippen molar-refractivity contribution in [1.29, 1.82) is 0 Å². The number of non-ortho nitro benzene ring substituents is 1. The minimum Gasteiger partial charge on any atom is -0.322 e. The SMILES string of the molecule is O=C(Nc1ccc(SC(F)F)cc1)c1cc([N+](=O)[O-])ccc1Cl. The van der Waals surface area contributed by atoms with E-state index in [1.165, 1.54) is 36.4 Å². The fraction of sp³-hybridized carbons (Fsp3) is 0.0714. The Hall–Kier alpha value is -2.19. The zero-order valence-corrected chi connectivity index (χ0v) is 12.9. The minimum atomic E-state index is -2.53. The molecule has 0 fully saturated rings. The van der Waals surface area contributed by atoms with Crippen LogP contribution in [0.15, 0.2) is 47.4 Å². The Balaban J connectivity index is 2.15. The number of benzene rings is 2. The van der Waals surface area contributed by atoms with E-state index >= 15 is 0 Å². The normalized spacial score (nSPS) is 10.6. The number of carbonyl (C=O) groups is 1. The maximum atomic E-state index is 12.2. The summed E-state index contributed by atoms with van der Waals surface area (Å²) in [5.41, 5.74) is 0.0475. The summed E-state index contributed by atoms with van der Waals surface area (Å²) in [6.45, 7) is 0. The second-order valence-corrected chi connectivity index (χ2v) is 5.75. The lowest BCUT2D eigenvalue weighted by Crippen LogP contribution is -2.12. The van der Waals surface area contributed by atoms with Crippen molar-refractivity contribution >= 4 is 40.6 Å². The number of thioether (sulfide) groups is 1. The predicted octanol–water partition coefficient (Wildman–Crippen LogP) is 4.82. The number of anilines is 1. The summed E-state index contributed by atoms with van der Waals surface area (Å²) in [5, 5.41) is 13.3. The van der Waals surface area contributed by atoms with Gasteiger partial charge in [0.15, 0.2) is 0 Å². The first-order chi connectivity index (χ1) is 10.9. The molecular formula is C14H9ClF2N2O3S. The molecule has 0 spiro atoms. The zero-order valence-electron chi connectivity index (χ0n) is 11.3. The zero-order chi connectivity index (χ0) is 17.0. The number of halogens is 3. The van der Waals surface area contributed by atoms with Crippen molar-refractivity contribution in [1.82, 2.24) is 0 Å². The molecule has 0 aromatic heterocycles. The van der Waals surface area contributed by atoms with Crippen LogP contribution in [-0.4, -0.2) is 16.6 Å². The summed E-state index contributed by atoms with van der Waals surface area (Å²) in [4.78, 5) is 22.6. The van der Waals surface area contributed by atoms with Crippen LogP contribution < -0.4 is 5.32 Å². The molecule has 1 N–H and O–H groups in total. The molecule has 0 saturated heterocycles. The molecular weight excluding hydrogens is 350 g/mol. The average Bonchev–Trinajstić information content (AvgIpc) is 2.48. The number of hydrogen-bond donors (Lipinski definition) is 1. The number of rotatable bonds is 5. The Kier molecular flexibility index (Phi) is 5.51. The maximum Gasteiger partial charge on any atom is 0.288 e. The van der Waals surface area contributed by atoms with Crippen molar-refractivity contribution in [3.8, 4) is 0 Å². The van der Waals surface area contributed by atoms with Crippen molar-refractivity contribution in [2.24, 2.45) is 0 Å². The van der Waals surface area contributed by atoms with Gasteiger partial charge < -0.3 is 5.32 Å². The third kappa shape index (κ3) is 4.64. The highest BCUT2D eigenvalue weighted by Crippen LogP contribution is 2.27. The van der Waals surface area contributed by atoms with Gasteiger partial charge in [-0.25, -0.2) is 0 Å². The summed E-state index contributed by atoms with van der Waals surface area (Å²) in [5.74, 6) is -3.16. The van der Waals surface area contributed by atoms with E-state index in [0.29, 0.717) is 22.3 Å². The van der Waals surface area contributed by atoms with E-state index in [0.717, 1.165) is 6.07 Å². The molecule has 0 atom stereocenters. The lowest BCUT2D eigenvalue weighted by atomic mass is 10.2. The van der Waals surface area contributed by atoms with Crippen LogP contribution in [0.3, 0.4) is 0 Å². The first kappa shape index (κ1) is 17.2. The fourth-order valence-electron chi connectivity index (χ4n) is 1.72. The molecule has 0 unspecified atom stereocenters. The molecule has 5 nitrogen and oxygen atoms in total. The lowest BCUT2D eigenvalue weighted by molar-refractivity contribution is -0.384. The Morgan fingerprint density at radius 3 is 2.43 bits per heavy atom. The number of amides is 1. The highest BCUT2D eigenvalue weighted by Gasteiger charge is 2.16. The smallest absolute Gasteiger partial charge is 0.288 e. The summed E-state index contributed by atoms with van der Waals surface area (Å²) in [6, 6.07) is 9.29. The molecule has 0 aliphatic rings. The minimum absolute atomic E-state index is 0.0492. The number of alkyl halides is 2. The van der Waals surface area contributed by atoms with Crippen LogP contribution in [0.2, 0.25) is 5.02 Å². The van der Waals surface area contributed by atoms with Crippen molar-refractivity contribution in [3.05, 3.63) is 63.2 Å². The van der Waals surface area contributed by atoms with E-state index in [1.54, 1.807) is 0 Å². The van der Waals surface area contributed by atoms with Crippen LogP contribution in [0.25, 0.3) is 0 Å². The Labute approximate surface area is 138 Å². The van der Waals surface area contributed by atoms with Gasteiger partial charge in [0.25, 0.3) is 17.4 Å². The molecule has 9 heteroatoms. The molecule has 0 radical (unpaired) electrons. The molecule has 0 bridgehead atoms. The molecule has 0 aliphatic heterocycles. The van der Waals surface area contributed by atoms with Gasteiger partial charge in [-0.2, -0.15) is 8.78 Å². The second kappa shape index (κ2) is 7.38. The van der Waals surface area contributed by atoms with Gasteiger partial charge in [0.2, 0.25) is 0 Å². The Morgan fingerprint density at radius 1 is 1.22 bits per heavy atom. The van der Waals surface area contributed by atoms with Gasteiger partial charge in [0, 0.05) is 22.7 Å². The van der Waals surface area contributed by atoms with E-state index in [2.05, 4.69) is 5.32 Å². The Bertz CT molecular complexity index is 741. The summed E-state index contributed by atoms with van der Waals surface area (Å²) in [6.07, 6.45) is 0. The first-order valence-corrected chi connectivity index (χ1v) is 7.43. The Morgan fingerprint density at radius 2 is 1.87 bits per heavy atom. The van der Waals surface area contributed by atoms with E-state index in [1.807, 2.05) is 0 Å². The average molecular weight is 359 g/mol. The van der Waals surface area contributed by atoms with Gasteiger partial charge in [0.1, 0.15) is 0 Å². The van der Waals surface area contributed by atoms with Gasteiger partial charge in [0.05, 0.1) is 15.5 Å². The quantitative estimate of drug-likeness (QED) is 0.472. The molecule has 0 heterocycles. The first-order valence-electron chi connectivity index (χ1n) is 6.17. The predicted molar refractivity (Wildman–Crippen MR) is 84.4 cm³/mol. The maximum absolute atomic E-state index is 12.2. The number of carbonyl (C=O) groups excluding carboxylic acids is 1. The van der Waals surface area contributed by atoms with E-state index in [4.69, 9.17) is 11.6 Å². The number of hydrogen-bond acceptors (Lipinski definition) is 4. The van der Waals surface area contributed by atoms with Crippen LogP contribution >= 0.6 is 23.4 Å². The van der Waals surface area contributed by atoms with Crippen LogP contribution in [-0.2, 0) is 0 Å². The van der Waals surface area contributed by atoms with Gasteiger partial charge in [-0.05, 0) is 30.3 Å². The number of nitro benzene ring substituents is 1. The number of nitro groups is 1. The van der Waals surface area contributed by atoms with Gasteiger partial charge in [-0.1, -0.05) is 23.4 Å². The van der Waals surface area contributed by atoms with Crippen LogP contribution in [0.5, 0.6) is 0 Å².